The lowest BCUT2D eigenvalue weighted by molar-refractivity contribution is 0.547. The molecule has 4 nitrogen and oxygen atoms in total. The molecule has 0 N–H and O–H groups in total. The van der Waals surface area contributed by atoms with Crippen LogP contribution < -0.4 is 9.80 Å². The van der Waals surface area contributed by atoms with Gasteiger partial charge >= 0.3 is 0 Å². The number of nitrogens with zero attached hydrogens (tertiary/aromatic N) is 4. The molecular formula is C25H23FN4. The minimum atomic E-state index is -0.238. The van der Waals surface area contributed by atoms with Crippen molar-refractivity contribution in [3.63, 3.8) is 0 Å². The lowest BCUT2D eigenvalue weighted by Gasteiger charge is -2.42. The molecule has 0 saturated carbocycles. The molecule has 1 aliphatic heterocycles. The molecule has 1 fully saturated rings. The van der Waals surface area contributed by atoms with Crippen molar-refractivity contribution in [2.45, 2.75) is 13.0 Å². The minimum absolute atomic E-state index is 0.238. The highest BCUT2D eigenvalue weighted by atomic mass is 19.1. The molecule has 1 unspecified atom stereocenters. The van der Waals surface area contributed by atoms with Crippen LogP contribution in [0.5, 0.6) is 0 Å². The van der Waals surface area contributed by atoms with Crippen molar-refractivity contribution < 1.29 is 4.39 Å². The number of fused-ring (bicyclic) bond motifs is 1. The summed E-state index contributed by atoms with van der Waals surface area (Å²) in [4.78, 5) is 14.2. The van der Waals surface area contributed by atoms with Gasteiger partial charge in [-0.05, 0) is 55.5 Å². The number of anilines is 2. The summed E-state index contributed by atoms with van der Waals surface area (Å²) in [6, 6.07) is 23.3. The van der Waals surface area contributed by atoms with E-state index in [2.05, 4.69) is 39.9 Å². The molecule has 0 spiro atoms. The molecule has 30 heavy (non-hydrogen) atoms. The fourth-order valence-corrected chi connectivity index (χ4v) is 4.21. The summed E-state index contributed by atoms with van der Waals surface area (Å²) < 4.78 is 13.5. The molecule has 1 atom stereocenters. The van der Waals surface area contributed by atoms with E-state index in [0.29, 0.717) is 0 Å². The number of benzene rings is 2. The standard InChI is InChI=1S/C25H23FN4/c1-18-17-29(24-8-4-5-13-27-24)14-15-30(18)23-16-20-6-2-3-7-22(20)28-25(23)19-9-11-21(26)12-10-19/h2-13,16,18H,14-15,17H2,1H3. The van der Waals surface area contributed by atoms with Crippen LogP contribution in [0.4, 0.5) is 15.9 Å². The first-order valence-electron chi connectivity index (χ1n) is 10.3. The van der Waals surface area contributed by atoms with E-state index in [-0.39, 0.29) is 11.9 Å². The number of halogens is 1. The van der Waals surface area contributed by atoms with Gasteiger partial charge in [0.05, 0.1) is 16.9 Å². The molecule has 0 radical (unpaired) electrons. The molecule has 3 heterocycles. The molecule has 4 aromatic rings. The highest BCUT2D eigenvalue weighted by molar-refractivity contribution is 5.89. The van der Waals surface area contributed by atoms with E-state index in [1.165, 1.54) is 12.1 Å². The predicted octanol–water partition coefficient (Wildman–Crippen LogP) is 5.15. The van der Waals surface area contributed by atoms with Gasteiger partial charge in [-0.3, -0.25) is 0 Å². The zero-order chi connectivity index (χ0) is 20.5. The Morgan fingerprint density at radius 2 is 1.73 bits per heavy atom. The molecule has 5 rings (SSSR count). The Morgan fingerprint density at radius 3 is 2.50 bits per heavy atom. The maximum atomic E-state index is 13.5. The molecule has 1 aliphatic rings. The van der Waals surface area contributed by atoms with Crippen molar-refractivity contribution in [3.8, 4) is 11.3 Å². The highest BCUT2D eigenvalue weighted by Crippen LogP contribution is 2.35. The third kappa shape index (κ3) is 3.47. The summed E-state index contributed by atoms with van der Waals surface area (Å²) in [5.41, 5.74) is 3.86. The lowest BCUT2D eigenvalue weighted by atomic mass is 10.0. The second-order valence-electron chi connectivity index (χ2n) is 7.73. The number of rotatable bonds is 3. The van der Waals surface area contributed by atoms with Gasteiger partial charge in [-0.15, -0.1) is 0 Å². The van der Waals surface area contributed by atoms with Crippen LogP contribution in [0, 0.1) is 5.82 Å². The fraction of sp³-hybridized carbons (Fsp3) is 0.200. The van der Waals surface area contributed by atoms with Gasteiger partial charge in [-0.1, -0.05) is 24.3 Å². The van der Waals surface area contributed by atoms with E-state index < -0.39 is 0 Å². The fourth-order valence-electron chi connectivity index (χ4n) is 4.21. The Bertz CT molecular complexity index is 1160. The monoisotopic (exact) mass is 398 g/mol. The van der Waals surface area contributed by atoms with Crippen LogP contribution in [0.2, 0.25) is 0 Å². The number of piperazine rings is 1. The Balaban J connectivity index is 1.54. The smallest absolute Gasteiger partial charge is 0.128 e. The number of hydrogen-bond donors (Lipinski definition) is 0. The number of aromatic nitrogens is 2. The van der Waals surface area contributed by atoms with Crippen LogP contribution in [-0.2, 0) is 0 Å². The molecule has 2 aromatic heterocycles. The van der Waals surface area contributed by atoms with Crippen molar-refractivity contribution in [2.24, 2.45) is 0 Å². The maximum Gasteiger partial charge on any atom is 0.128 e. The maximum absolute atomic E-state index is 13.5. The summed E-state index contributed by atoms with van der Waals surface area (Å²) >= 11 is 0. The van der Waals surface area contributed by atoms with Crippen LogP contribution >= 0.6 is 0 Å². The summed E-state index contributed by atoms with van der Waals surface area (Å²) in [5.74, 6) is 0.776. The normalized spacial score (nSPS) is 16.8. The number of pyridine rings is 2. The lowest BCUT2D eigenvalue weighted by Crippen LogP contribution is -2.52. The van der Waals surface area contributed by atoms with Gasteiger partial charge in [0.1, 0.15) is 11.6 Å². The van der Waals surface area contributed by atoms with Crippen molar-refractivity contribution in [2.75, 3.05) is 29.4 Å². The van der Waals surface area contributed by atoms with E-state index in [1.54, 1.807) is 0 Å². The van der Waals surface area contributed by atoms with Crippen LogP contribution in [-0.4, -0.2) is 35.6 Å². The second-order valence-corrected chi connectivity index (χ2v) is 7.73. The highest BCUT2D eigenvalue weighted by Gasteiger charge is 2.27. The zero-order valence-corrected chi connectivity index (χ0v) is 16.9. The average Bonchev–Trinajstić information content (AvgIpc) is 2.79. The first kappa shape index (κ1) is 18.6. The summed E-state index contributed by atoms with van der Waals surface area (Å²) in [6.07, 6.45) is 1.84. The molecule has 150 valence electrons. The van der Waals surface area contributed by atoms with Gasteiger partial charge in [0.25, 0.3) is 0 Å². The molecule has 0 bridgehead atoms. The van der Waals surface area contributed by atoms with Gasteiger partial charge in [-0.25, -0.2) is 14.4 Å². The number of para-hydroxylation sites is 1. The first-order chi connectivity index (χ1) is 14.7. The van der Waals surface area contributed by atoms with Crippen LogP contribution in [0.25, 0.3) is 22.2 Å². The third-order valence-corrected chi connectivity index (χ3v) is 5.73. The Hall–Kier alpha value is -3.47. The van der Waals surface area contributed by atoms with Crippen molar-refractivity contribution in [3.05, 3.63) is 84.8 Å². The molecule has 1 saturated heterocycles. The van der Waals surface area contributed by atoms with E-state index in [1.807, 2.05) is 48.7 Å². The summed E-state index contributed by atoms with van der Waals surface area (Å²) in [5, 5.41) is 1.11. The van der Waals surface area contributed by atoms with Gasteiger partial charge in [0.2, 0.25) is 0 Å². The Labute approximate surface area is 175 Å². The van der Waals surface area contributed by atoms with Crippen LogP contribution in [0.15, 0.2) is 79.0 Å². The quantitative estimate of drug-likeness (QED) is 0.478. The SMILES string of the molecule is CC1CN(c2ccccn2)CCN1c1cc2ccccc2nc1-c1ccc(F)cc1. The Morgan fingerprint density at radius 1 is 0.933 bits per heavy atom. The van der Waals surface area contributed by atoms with E-state index in [4.69, 9.17) is 4.98 Å². The molecule has 2 aromatic carbocycles. The molecular weight excluding hydrogens is 375 g/mol. The number of hydrogen-bond acceptors (Lipinski definition) is 4. The molecule has 5 heteroatoms. The van der Waals surface area contributed by atoms with Crippen molar-refractivity contribution >= 4 is 22.4 Å². The second kappa shape index (κ2) is 7.75. The van der Waals surface area contributed by atoms with E-state index in [9.17, 15) is 4.39 Å². The average molecular weight is 398 g/mol. The van der Waals surface area contributed by atoms with Gasteiger partial charge < -0.3 is 9.80 Å². The minimum Gasteiger partial charge on any atom is -0.363 e. The third-order valence-electron chi connectivity index (χ3n) is 5.73. The predicted molar refractivity (Wildman–Crippen MR) is 120 cm³/mol. The molecule has 0 aliphatic carbocycles. The van der Waals surface area contributed by atoms with Crippen LogP contribution in [0.1, 0.15) is 6.92 Å². The summed E-state index contributed by atoms with van der Waals surface area (Å²) in [7, 11) is 0. The summed E-state index contributed by atoms with van der Waals surface area (Å²) in [6.45, 7) is 4.87. The molecule has 0 amide bonds. The van der Waals surface area contributed by atoms with Crippen LogP contribution in [0.3, 0.4) is 0 Å². The Kier molecular flexibility index (Phi) is 4.79. The topological polar surface area (TPSA) is 32.3 Å². The van der Waals surface area contributed by atoms with Gasteiger partial charge in [0.15, 0.2) is 0 Å². The van der Waals surface area contributed by atoms with Crippen molar-refractivity contribution in [1.82, 2.24) is 9.97 Å². The van der Waals surface area contributed by atoms with E-state index >= 15 is 0 Å². The first-order valence-corrected chi connectivity index (χ1v) is 10.3. The van der Waals surface area contributed by atoms with E-state index in [0.717, 1.165) is 53.3 Å². The zero-order valence-electron chi connectivity index (χ0n) is 16.9. The largest absolute Gasteiger partial charge is 0.363 e. The van der Waals surface area contributed by atoms with Crippen molar-refractivity contribution in [1.29, 1.82) is 0 Å². The van der Waals surface area contributed by atoms with Gasteiger partial charge in [-0.2, -0.15) is 0 Å². The van der Waals surface area contributed by atoms with Gasteiger partial charge in [0, 0.05) is 42.8 Å².